The zero-order valence-corrected chi connectivity index (χ0v) is 11.5. The number of non-ortho nitro benzene ring substituents is 1. The Hall–Kier alpha value is -1.42. The van der Waals surface area contributed by atoms with Crippen LogP contribution in [0.15, 0.2) is 24.3 Å². The molecule has 1 unspecified atom stereocenters. The molecule has 4 nitrogen and oxygen atoms in total. The molecule has 1 atom stereocenters. The summed E-state index contributed by atoms with van der Waals surface area (Å²) in [5, 5.41) is 14.5. The molecule has 1 aliphatic rings. The van der Waals surface area contributed by atoms with Crippen molar-refractivity contribution in [3.8, 4) is 0 Å². The van der Waals surface area contributed by atoms with Gasteiger partial charge in [-0.05, 0) is 24.8 Å². The van der Waals surface area contributed by atoms with Gasteiger partial charge in [-0.3, -0.25) is 10.1 Å². The normalized spacial score (nSPS) is 18.2. The van der Waals surface area contributed by atoms with Gasteiger partial charge in [0.25, 0.3) is 5.69 Å². The second-order valence-corrected chi connectivity index (χ2v) is 5.31. The molecule has 2 rings (SSSR count). The Morgan fingerprint density at radius 3 is 2.74 bits per heavy atom. The first-order valence-electron chi connectivity index (χ1n) is 7.21. The molecule has 0 aliphatic heterocycles. The zero-order chi connectivity index (χ0) is 13.7. The van der Waals surface area contributed by atoms with Crippen molar-refractivity contribution in [3.05, 3.63) is 39.9 Å². The molecule has 0 spiro atoms. The van der Waals surface area contributed by atoms with Gasteiger partial charge in [0, 0.05) is 24.2 Å². The van der Waals surface area contributed by atoms with Crippen LogP contribution >= 0.6 is 0 Å². The number of nitrogens with one attached hydrogen (secondary N) is 1. The van der Waals surface area contributed by atoms with Crippen LogP contribution in [0.25, 0.3) is 0 Å². The minimum atomic E-state index is -0.323. The van der Waals surface area contributed by atoms with Gasteiger partial charge >= 0.3 is 0 Å². The Morgan fingerprint density at radius 2 is 2.11 bits per heavy atom. The van der Waals surface area contributed by atoms with Gasteiger partial charge in [0.15, 0.2) is 0 Å². The third kappa shape index (κ3) is 3.77. The lowest BCUT2D eigenvalue weighted by molar-refractivity contribution is -0.384. The van der Waals surface area contributed by atoms with E-state index in [0.717, 1.165) is 12.0 Å². The Bertz CT molecular complexity index is 428. The molecule has 1 saturated carbocycles. The second kappa shape index (κ2) is 6.66. The van der Waals surface area contributed by atoms with Crippen molar-refractivity contribution in [1.29, 1.82) is 0 Å². The fraction of sp³-hybridized carbons (Fsp3) is 0.600. The standard InChI is InChI=1S/C15H22N2O2/c1-2-15(16-13-8-4-3-5-9-13)12-7-6-10-14(11-12)17(18)19/h6-7,10-11,13,15-16H,2-5,8-9H2,1H3. The van der Waals surface area contributed by atoms with Gasteiger partial charge < -0.3 is 5.32 Å². The molecule has 0 heterocycles. The SMILES string of the molecule is CCC(NC1CCCCC1)c1cccc([N+](=O)[O-])c1. The Morgan fingerprint density at radius 1 is 1.37 bits per heavy atom. The monoisotopic (exact) mass is 262 g/mol. The van der Waals surface area contributed by atoms with Gasteiger partial charge in [0.05, 0.1) is 4.92 Å². The van der Waals surface area contributed by atoms with Gasteiger partial charge in [-0.25, -0.2) is 0 Å². The van der Waals surface area contributed by atoms with E-state index in [9.17, 15) is 10.1 Å². The van der Waals surface area contributed by atoms with Crippen molar-refractivity contribution in [1.82, 2.24) is 5.32 Å². The van der Waals surface area contributed by atoms with Crippen LogP contribution in [-0.2, 0) is 0 Å². The molecule has 1 N–H and O–H groups in total. The van der Waals surface area contributed by atoms with Crippen molar-refractivity contribution < 1.29 is 4.92 Å². The quantitative estimate of drug-likeness (QED) is 0.645. The summed E-state index contributed by atoms with van der Waals surface area (Å²) in [6, 6.07) is 7.80. The summed E-state index contributed by atoms with van der Waals surface area (Å²) in [6.45, 7) is 2.12. The van der Waals surface area contributed by atoms with Crippen molar-refractivity contribution in [3.63, 3.8) is 0 Å². The van der Waals surface area contributed by atoms with Gasteiger partial charge in [0.2, 0.25) is 0 Å². The predicted molar refractivity (Wildman–Crippen MR) is 76.1 cm³/mol. The zero-order valence-electron chi connectivity index (χ0n) is 11.5. The molecule has 104 valence electrons. The summed E-state index contributed by atoms with van der Waals surface area (Å²) in [5.41, 5.74) is 1.21. The second-order valence-electron chi connectivity index (χ2n) is 5.31. The van der Waals surface area contributed by atoms with E-state index in [-0.39, 0.29) is 16.7 Å². The van der Waals surface area contributed by atoms with Crippen LogP contribution in [0.1, 0.15) is 57.1 Å². The topological polar surface area (TPSA) is 55.2 Å². The Kier molecular flexibility index (Phi) is 4.91. The first-order chi connectivity index (χ1) is 9.20. The number of benzene rings is 1. The largest absolute Gasteiger partial charge is 0.307 e. The van der Waals surface area contributed by atoms with Crippen molar-refractivity contribution in [2.24, 2.45) is 0 Å². The summed E-state index contributed by atoms with van der Waals surface area (Å²) < 4.78 is 0. The van der Waals surface area contributed by atoms with Crippen LogP contribution in [0.4, 0.5) is 5.69 Å². The van der Waals surface area contributed by atoms with Gasteiger partial charge in [0.1, 0.15) is 0 Å². The molecule has 0 aromatic heterocycles. The molecule has 0 radical (unpaired) electrons. The number of nitro groups is 1. The molecule has 0 saturated heterocycles. The van der Waals surface area contributed by atoms with Crippen LogP contribution in [0, 0.1) is 10.1 Å². The smallest absolute Gasteiger partial charge is 0.269 e. The van der Waals surface area contributed by atoms with E-state index in [1.54, 1.807) is 18.2 Å². The van der Waals surface area contributed by atoms with E-state index in [1.807, 2.05) is 6.07 Å². The third-order valence-corrected chi connectivity index (χ3v) is 3.93. The summed E-state index contributed by atoms with van der Waals surface area (Å²) in [4.78, 5) is 10.5. The maximum Gasteiger partial charge on any atom is 0.269 e. The summed E-state index contributed by atoms with van der Waals surface area (Å²) in [7, 11) is 0. The van der Waals surface area contributed by atoms with Crippen LogP contribution in [0.3, 0.4) is 0 Å². The maximum atomic E-state index is 10.8. The molecule has 19 heavy (non-hydrogen) atoms. The Balaban J connectivity index is 2.07. The third-order valence-electron chi connectivity index (χ3n) is 3.93. The van der Waals surface area contributed by atoms with E-state index in [0.29, 0.717) is 6.04 Å². The van der Waals surface area contributed by atoms with Crippen molar-refractivity contribution >= 4 is 5.69 Å². The van der Waals surface area contributed by atoms with Crippen molar-refractivity contribution in [2.45, 2.75) is 57.5 Å². The highest BCUT2D eigenvalue weighted by Crippen LogP contribution is 2.25. The van der Waals surface area contributed by atoms with Gasteiger partial charge in [-0.15, -0.1) is 0 Å². The highest BCUT2D eigenvalue weighted by Gasteiger charge is 2.19. The molecule has 4 heteroatoms. The predicted octanol–water partition coefficient (Wildman–Crippen LogP) is 3.97. The summed E-state index contributed by atoms with van der Waals surface area (Å²) >= 11 is 0. The molecular weight excluding hydrogens is 240 g/mol. The van der Waals surface area contributed by atoms with E-state index in [1.165, 1.54) is 32.1 Å². The van der Waals surface area contributed by atoms with Crippen LogP contribution in [0.2, 0.25) is 0 Å². The molecule has 1 fully saturated rings. The Labute approximate surface area is 114 Å². The van der Waals surface area contributed by atoms with E-state index in [2.05, 4.69) is 12.2 Å². The van der Waals surface area contributed by atoms with Crippen LogP contribution in [-0.4, -0.2) is 11.0 Å². The fourth-order valence-electron chi connectivity index (χ4n) is 2.86. The number of nitro benzene ring substituents is 1. The molecule has 1 aromatic carbocycles. The molecule has 0 bridgehead atoms. The number of hydrogen-bond acceptors (Lipinski definition) is 3. The molecule has 1 aliphatic carbocycles. The average molecular weight is 262 g/mol. The van der Waals surface area contributed by atoms with E-state index < -0.39 is 0 Å². The lowest BCUT2D eigenvalue weighted by Gasteiger charge is -2.28. The number of hydrogen-bond donors (Lipinski definition) is 1. The summed E-state index contributed by atoms with van der Waals surface area (Å²) in [5.74, 6) is 0. The number of rotatable bonds is 5. The van der Waals surface area contributed by atoms with Crippen molar-refractivity contribution in [2.75, 3.05) is 0 Å². The maximum absolute atomic E-state index is 10.8. The van der Waals surface area contributed by atoms with Crippen LogP contribution < -0.4 is 5.32 Å². The fourth-order valence-corrected chi connectivity index (χ4v) is 2.86. The highest BCUT2D eigenvalue weighted by atomic mass is 16.6. The molecule has 0 amide bonds. The minimum absolute atomic E-state index is 0.182. The lowest BCUT2D eigenvalue weighted by atomic mass is 9.93. The number of nitrogens with zero attached hydrogens (tertiary/aromatic N) is 1. The highest BCUT2D eigenvalue weighted by molar-refractivity contribution is 5.35. The van der Waals surface area contributed by atoms with E-state index in [4.69, 9.17) is 0 Å². The average Bonchev–Trinajstić information content (AvgIpc) is 2.46. The van der Waals surface area contributed by atoms with Crippen LogP contribution in [0.5, 0.6) is 0 Å². The lowest BCUT2D eigenvalue weighted by Crippen LogP contribution is -2.34. The minimum Gasteiger partial charge on any atom is -0.307 e. The van der Waals surface area contributed by atoms with Gasteiger partial charge in [-0.1, -0.05) is 38.3 Å². The first kappa shape index (κ1) is 14.0. The van der Waals surface area contributed by atoms with Gasteiger partial charge in [-0.2, -0.15) is 0 Å². The van der Waals surface area contributed by atoms with E-state index >= 15 is 0 Å². The summed E-state index contributed by atoms with van der Waals surface area (Å²) in [6.07, 6.45) is 7.34. The molecule has 1 aromatic rings. The first-order valence-corrected chi connectivity index (χ1v) is 7.21. The molecular formula is C15H22N2O2.